The van der Waals surface area contributed by atoms with Crippen LogP contribution in [-0.2, 0) is 0 Å². The third-order valence-electron chi connectivity index (χ3n) is 6.04. The van der Waals surface area contributed by atoms with E-state index >= 15 is 0 Å². The number of hydrogen-bond donors (Lipinski definition) is 1. The highest BCUT2D eigenvalue weighted by molar-refractivity contribution is 14.0. The van der Waals surface area contributed by atoms with Gasteiger partial charge < -0.3 is 15.1 Å². The second-order valence-electron chi connectivity index (χ2n) is 8.06. The standard InChI is InChI=1S/C25H32N4.HI/c1-26-25(27-19-23-14-17-29(20-23)24-10-6-3-7-11-24)28-15-12-22(13-16-28)18-21-8-4-2-5-9-21;/h2-11,18,23H,12-17,19-20H2,1H3,(H,26,27);1H. The predicted molar refractivity (Wildman–Crippen MR) is 139 cm³/mol. The van der Waals surface area contributed by atoms with E-state index < -0.39 is 0 Å². The number of nitrogens with one attached hydrogen (secondary N) is 1. The Labute approximate surface area is 198 Å². The normalized spacial score (nSPS) is 19.4. The van der Waals surface area contributed by atoms with Gasteiger partial charge in [0.15, 0.2) is 5.96 Å². The number of guanidine groups is 1. The van der Waals surface area contributed by atoms with Crippen LogP contribution in [0.15, 0.2) is 71.2 Å². The second kappa shape index (κ2) is 11.4. The zero-order valence-electron chi connectivity index (χ0n) is 17.8. The van der Waals surface area contributed by atoms with Crippen LogP contribution in [0.4, 0.5) is 5.69 Å². The maximum Gasteiger partial charge on any atom is 0.193 e. The van der Waals surface area contributed by atoms with E-state index in [0.717, 1.165) is 51.5 Å². The number of nitrogens with zero attached hydrogens (tertiary/aromatic N) is 3. The molecule has 2 saturated heterocycles. The first-order valence-electron chi connectivity index (χ1n) is 10.8. The molecule has 1 N–H and O–H groups in total. The number of benzene rings is 2. The van der Waals surface area contributed by atoms with Crippen LogP contribution in [0.5, 0.6) is 0 Å². The van der Waals surface area contributed by atoms with Crippen LogP contribution in [0.1, 0.15) is 24.8 Å². The number of anilines is 1. The van der Waals surface area contributed by atoms with Gasteiger partial charge in [-0.05, 0) is 42.9 Å². The maximum absolute atomic E-state index is 4.56. The van der Waals surface area contributed by atoms with Crippen molar-refractivity contribution in [2.75, 3.05) is 44.7 Å². The van der Waals surface area contributed by atoms with Crippen molar-refractivity contribution in [3.05, 3.63) is 71.8 Å². The van der Waals surface area contributed by atoms with Crippen LogP contribution < -0.4 is 10.2 Å². The van der Waals surface area contributed by atoms with E-state index in [0.29, 0.717) is 5.92 Å². The molecule has 2 fully saturated rings. The van der Waals surface area contributed by atoms with Crippen LogP contribution in [0.2, 0.25) is 0 Å². The van der Waals surface area contributed by atoms with E-state index in [4.69, 9.17) is 0 Å². The van der Waals surface area contributed by atoms with Crippen molar-refractivity contribution in [3.8, 4) is 0 Å². The van der Waals surface area contributed by atoms with Gasteiger partial charge in [0.1, 0.15) is 0 Å². The summed E-state index contributed by atoms with van der Waals surface area (Å²) in [6, 6.07) is 21.4. The fourth-order valence-electron chi connectivity index (χ4n) is 4.38. The molecule has 0 spiro atoms. The summed E-state index contributed by atoms with van der Waals surface area (Å²) in [6.07, 6.45) is 5.81. The van der Waals surface area contributed by atoms with Crippen LogP contribution in [-0.4, -0.2) is 50.6 Å². The van der Waals surface area contributed by atoms with Gasteiger partial charge in [-0.1, -0.05) is 60.2 Å². The number of aliphatic imine (C=N–C) groups is 1. The molecular weight excluding hydrogens is 483 g/mol. The number of rotatable bonds is 4. The number of para-hydroxylation sites is 1. The topological polar surface area (TPSA) is 30.9 Å². The molecule has 0 amide bonds. The Kier molecular flexibility index (Phi) is 8.61. The van der Waals surface area contributed by atoms with E-state index in [2.05, 4.69) is 86.8 Å². The Balaban J connectivity index is 0.00000256. The first-order chi connectivity index (χ1) is 14.3. The smallest absolute Gasteiger partial charge is 0.193 e. The van der Waals surface area contributed by atoms with Crippen molar-refractivity contribution < 1.29 is 0 Å². The fraction of sp³-hybridized carbons (Fsp3) is 0.400. The van der Waals surface area contributed by atoms with Gasteiger partial charge in [0.2, 0.25) is 0 Å². The third-order valence-corrected chi connectivity index (χ3v) is 6.04. The zero-order valence-corrected chi connectivity index (χ0v) is 20.2. The lowest BCUT2D eigenvalue weighted by molar-refractivity contribution is 0.372. The van der Waals surface area contributed by atoms with E-state index in [9.17, 15) is 0 Å². The Bertz CT molecular complexity index is 825. The Morgan fingerprint density at radius 2 is 1.67 bits per heavy atom. The van der Waals surface area contributed by atoms with E-state index in [1.807, 2.05) is 7.05 Å². The SMILES string of the molecule is CN=C(NCC1CCN(c2ccccc2)C1)N1CCC(=Cc2ccccc2)CC1.I. The van der Waals surface area contributed by atoms with Gasteiger partial charge in [-0.2, -0.15) is 0 Å². The molecule has 30 heavy (non-hydrogen) atoms. The van der Waals surface area contributed by atoms with Crippen molar-refractivity contribution in [3.63, 3.8) is 0 Å². The van der Waals surface area contributed by atoms with Crippen molar-refractivity contribution in [2.45, 2.75) is 19.3 Å². The summed E-state index contributed by atoms with van der Waals surface area (Å²) in [5, 5.41) is 3.65. The predicted octanol–water partition coefficient (Wildman–Crippen LogP) is 4.89. The molecule has 0 aromatic heterocycles. The van der Waals surface area contributed by atoms with Gasteiger partial charge in [-0.15, -0.1) is 24.0 Å². The Morgan fingerprint density at radius 3 is 2.33 bits per heavy atom. The molecule has 2 aromatic rings. The molecule has 4 nitrogen and oxygen atoms in total. The summed E-state index contributed by atoms with van der Waals surface area (Å²) >= 11 is 0. The molecular formula is C25H33IN4. The lowest BCUT2D eigenvalue weighted by Crippen LogP contribution is -2.46. The molecule has 0 aliphatic carbocycles. The molecule has 0 saturated carbocycles. The Morgan fingerprint density at radius 1 is 1.00 bits per heavy atom. The first-order valence-corrected chi connectivity index (χ1v) is 10.8. The average Bonchev–Trinajstić information content (AvgIpc) is 3.26. The van der Waals surface area contributed by atoms with Gasteiger partial charge in [0.05, 0.1) is 0 Å². The largest absolute Gasteiger partial charge is 0.371 e. The number of halogens is 1. The minimum atomic E-state index is 0. The van der Waals surface area contributed by atoms with Crippen molar-refractivity contribution in [1.29, 1.82) is 0 Å². The van der Waals surface area contributed by atoms with Gasteiger partial charge in [-0.25, -0.2) is 0 Å². The molecule has 2 aliphatic heterocycles. The van der Waals surface area contributed by atoms with Crippen molar-refractivity contribution in [1.82, 2.24) is 10.2 Å². The minimum absolute atomic E-state index is 0. The molecule has 0 radical (unpaired) electrons. The molecule has 1 atom stereocenters. The van der Waals surface area contributed by atoms with E-state index in [1.165, 1.54) is 23.2 Å². The lowest BCUT2D eigenvalue weighted by atomic mass is 10.0. The zero-order chi connectivity index (χ0) is 19.9. The van der Waals surface area contributed by atoms with Crippen molar-refractivity contribution in [2.24, 2.45) is 10.9 Å². The van der Waals surface area contributed by atoms with Crippen molar-refractivity contribution >= 4 is 41.7 Å². The van der Waals surface area contributed by atoms with Gasteiger partial charge in [-0.3, -0.25) is 4.99 Å². The van der Waals surface area contributed by atoms with Gasteiger partial charge in [0, 0.05) is 45.5 Å². The minimum Gasteiger partial charge on any atom is -0.371 e. The second-order valence-corrected chi connectivity index (χ2v) is 8.06. The van der Waals surface area contributed by atoms with Crippen LogP contribution >= 0.6 is 24.0 Å². The number of likely N-dealkylation sites (tertiary alicyclic amines) is 1. The maximum atomic E-state index is 4.56. The third kappa shape index (κ3) is 6.00. The van der Waals surface area contributed by atoms with Gasteiger partial charge >= 0.3 is 0 Å². The molecule has 0 bridgehead atoms. The van der Waals surface area contributed by atoms with Crippen LogP contribution in [0.25, 0.3) is 6.08 Å². The monoisotopic (exact) mass is 516 g/mol. The summed E-state index contributed by atoms with van der Waals surface area (Å²) in [5.41, 5.74) is 4.19. The number of piperidine rings is 1. The molecule has 2 aromatic carbocycles. The summed E-state index contributed by atoms with van der Waals surface area (Å²) in [7, 11) is 1.91. The lowest BCUT2D eigenvalue weighted by Gasteiger charge is -2.32. The first kappa shape index (κ1) is 22.7. The Hall–Kier alpha value is -2.02. The summed E-state index contributed by atoms with van der Waals surface area (Å²) in [5.74, 6) is 1.73. The van der Waals surface area contributed by atoms with Crippen LogP contribution in [0.3, 0.4) is 0 Å². The molecule has 2 aliphatic rings. The van der Waals surface area contributed by atoms with E-state index in [1.54, 1.807) is 0 Å². The molecule has 5 heteroatoms. The number of hydrogen-bond acceptors (Lipinski definition) is 2. The van der Waals surface area contributed by atoms with Crippen LogP contribution in [0, 0.1) is 5.92 Å². The molecule has 160 valence electrons. The molecule has 1 unspecified atom stereocenters. The quantitative estimate of drug-likeness (QED) is 0.357. The summed E-state index contributed by atoms with van der Waals surface area (Å²) in [6.45, 7) is 5.35. The summed E-state index contributed by atoms with van der Waals surface area (Å²) in [4.78, 5) is 9.46. The van der Waals surface area contributed by atoms with E-state index in [-0.39, 0.29) is 24.0 Å². The highest BCUT2D eigenvalue weighted by Crippen LogP contribution is 2.23. The van der Waals surface area contributed by atoms with Gasteiger partial charge in [0.25, 0.3) is 0 Å². The fourth-order valence-corrected chi connectivity index (χ4v) is 4.38. The molecule has 2 heterocycles. The highest BCUT2D eigenvalue weighted by Gasteiger charge is 2.24. The average molecular weight is 516 g/mol. The highest BCUT2D eigenvalue weighted by atomic mass is 127. The summed E-state index contributed by atoms with van der Waals surface area (Å²) < 4.78 is 0. The molecule has 4 rings (SSSR count).